The minimum absolute atomic E-state index is 0. The molecule has 2 rings (SSSR count). The number of rotatable bonds is 5. The van der Waals surface area contributed by atoms with Crippen molar-refractivity contribution in [1.82, 2.24) is 16.0 Å². The van der Waals surface area contributed by atoms with Crippen molar-refractivity contribution in [3.05, 3.63) is 28.8 Å². The molecule has 2 atom stereocenters. The van der Waals surface area contributed by atoms with Gasteiger partial charge in [0.05, 0.1) is 22.7 Å². The Morgan fingerprint density at radius 2 is 2.16 bits per heavy atom. The fraction of sp³-hybridized carbons (Fsp3) is 0.500. The van der Waals surface area contributed by atoms with Gasteiger partial charge in [0.25, 0.3) is 5.91 Å². The van der Waals surface area contributed by atoms with Crippen LogP contribution >= 0.6 is 24.0 Å². The van der Waals surface area contributed by atoms with Crippen molar-refractivity contribution in [2.24, 2.45) is 0 Å². The SMILES string of the molecule is CCCNC(=O)c1ccc(NC(=O)N[C@@H]2CCNC[C@H]2O)cc1Cl.Cl. The standard InChI is InChI=1S/C16H23ClN4O3.ClH/c1-2-6-19-15(23)11-4-3-10(8-12(11)17)20-16(24)21-13-5-7-18-9-14(13)22;/h3-4,8,13-14,18,22H,2,5-7,9H2,1H3,(H,19,23)(H2,20,21,24);1H/t13-,14-;/m1./s1. The molecule has 1 aliphatic heterocycles. The molecule has 0 saturated carbocycles. The summed E-state index contributed by atoms with van der Waals surface area (Å²) in [5.41, 5.74) is 0.845. The van der Waals surface area contributed by atoms with E-state index < -0.39 is 12.1 Å². The summed E-state index contributed by atoms with van der Waals surface area (Å²) in [4.78, 5) is 23.9. The maximum atomic E-state index is 12.0. The van der Waals surface area contributed by atoms with Gasteiger partial charge < -0.3 is 26.4 Å². The second kappa shape index (κ2) is 10.5. The summed E-state index contributed by atoms with van der Waals surface area (Å²) < 4.78 is 0. The Kier molecular flexibility index (Phi) is 8.99. The molecule has 7 nitrogen and oxygen atoms in total. The average molecular weight is 391 g/mol. The van der Waals surface area contributed by atoms with Crippen molar-refractivity contribution < 1.29 is 14.7 Å². The zero-order chi connectivity index (χ0) is 17.5. The Labute approximate surface area is 158 Å². The molecule has 1 saturated heterocycles. The highest BCUT2D eigenvalue weighted by molar-refractivity contribution is 6.34. The lowest BCUT2D eigenvalue weighted by molar-refractivity contribution is 0.0954. The number of hydrogen-bond donors (Lipinski definition) is 5. The van der Waals surface area contributed by atoms with E-state index in [1.54, 1.807) is 12.1 Å². The highest BCUT2D eigenvalue weighted by atomic mass is 35.5. The molecule has 1 aromatic rings. The van der Waals surface area contributed by atoms with E-state index in [-0.39, 0.29) is 29.4 Å². The predicted molar refractivity (Wildman–Crippen MR) is 101 cm³/mol. The molecule has 5 N–H and O–H groups in total. The number of anilines is 1. The van der Waals surface area contributed by atoms with Crippen molar-refractivity contribution in [3.63, 3.8) is 0 Å². The van der Waals surface area contributed by atoms with E-state index in [2.05, 4.69) is 21.3 Å². The quantitative estimate of drug-likeness (QED) is 0.528. The van der Waals surface area contributed by atoms with Crippen LogP contribution in [0.4, 0.5) is 10.5 Å². The lowest BCUT2D eigenvalue weighted by atomic mass is 10.0. The van der Waals surface area contributed by atoms with E-state index in [4.69, 9.17) is 11.6 Å². The van der Waals surface area contributed by atoms with Gasteiger partial charge in [-0.2, -0.15) is 0 Å². The number of β-amino-alcohol motifs (C(OH)–C–C–N with tert-alkyl or cyclic N) is 1. The molecule has 140 valence electrons. The Hall–Kier alpha value is -1.54. The molecule has 1 fully saturated rings. The average Bonchev–Trinajstić information content (AvgIpc) is 2.55. The van der Waals surface area contributed by atoms with E-state index in [0.717, 1.165) is 13.0 Å². The first-order chi connectivity index (χ1) is 11.5. The second-order valence-corrected chi connectivity index (χ2v) is 6.12. The van der Waals surface area contributed by atoms with Crippen LogP contribution in [0.1, 0.15) is 30.1 Å². The third kappa shape index (κ3) is 6.36. The summed E-state index contributed by atoms with van der Waals surface area (Å²) >= 11 is 6.12. The molecular formula is C16H24Cl2N4O3. The summed E-state index contributed by atoms with van der Waals surface area (Å²) in [6, 6.07) is 4.01. The molecule has 0 aromatic heterocycles. The van der Waals surface area contributed by atoms with Crippen LogP contribution in [-0.2, 0) is 0 Å². The van der Waals surface area contributed by atoms with Crippen molar-refractivity contribution in [1.29, 1.82) is 0 Å². The minimum Gasteiger partial charge on any atom is -0.390 e. The summed E-state index contributed by atoms with van der Waals surface area (Å²) in [7, 11) is 0. The van der Waals surface area contributed by atoms with Gasteiger partial charge in [-0.05, 0) is 37.6 Å². The topological polar surface area (TPSA) is 102 Å². The first-order valence-electron chi connectivity index (χ1n) is 8.05. The smallest absolute Gasteiger partial charge is 0.319 e. The highest BCUT2D eigenvalue weighted by Gasteiger charge is 2.24. The summed E-state index contributed by atoms with van der Waals surface area (Å²) in [6.45, 7) is 3.75. The number of urea groups is 1. The molecule has 0 bridgehead atoms. The van der Waals surface area contributed by atoms with Crippen molar-refractivity contribution in [2.45, 2.75) is 31.9 Å². The number of halogens is 2. The van der Waals surface area contributed by atoms with Crippen LogP contribution in [0.5, 0.6) is 0 Å². The highest BCUT2D eigenvalue weighted by Crippen LogP contribution is 2.21. The summed E-state index contributed by atoms with van der Waals surface area (Å²) in [6.07, 6.45) is 0.884. The number of piperidine rings is 1. The molecule has 1 aliphatic rings. The number of carbonyl (C=O) groups is 2. The second-order valence-electron chi connectivity index (χ2n) is 5.72. The van der Waals surface area contributed by atoms with E-state index in [9.17, 15) is 14.7 Å². The zero-order valence-electron chi connectivity index (χ0n) is 14.0. The van der Waals surface area contributed by atoms with Crippen molar-refractivity contribution in [2.75, 3.05) is 25.0 Å². The van der Waals surface area contributed by atoms with Crippen LogP contribution in [0.3, 0.4) is 0 Å². The fourth-order valence-corrected chi connectivity index (χ4v) is 2.72. The Morgan fingerprint density at radius 3 is 2.80 bits per heavy atom. The zero-order valence-corrected chi connectivity index (χ0v) is 15.5. The van der Waals surface area contributed by atoms with Gasteiger partial charge in [-0.25, -0.2) is 4.79 Å². The molecule has 0 radical (unpaired) electrons. The lowest BCUT2D eigenvalue weighted by Gasteiger charge is -2.29. The Morgan fingerprint density at radius 1 is 1.40 bits per heavy atom. The number of aliphatic hydroxyl groups excluding tert-OH is 1. The molecular weight excluding hydrogens is 367 g/mol. The van der Waals surface area contributed by atoms with Crippen molar-refractivity contribution in [3.8, 4) is 0 Å². The molecule has 25 heavy (non-hydrogen) atoms. The van der Waals surface area contributed by atoms with Crippen LogP contribution in [0.15, 0.2) is 18.2 Å². The van der Waals surface area contributed by atoms with Gasteiger partial charge >= 0.3 is 6.03 Å². The fourth-order valence-electron chi connectivity index (χ4n) is 2.46. The number of nitrogens with one attached hydrogen (secondary N) is 4. The first-order valence-corrected chi connectivity index (χ1v) is 8.43. The number of benzene rings is 1. The number of amides is 3. The third-order valence-electron chi connectivity index (χ3n) is 3.77. The molecule has 0 unspecified atom stereocenters. The van der Waals surface area contributed by atoms with Gasteiger partial charge in [0.15, 0.2) is 0 Å². The molecule has 1 heterocycles. The first kappa shape index (κ1) is 21.5. The molecule has 9 heteroatoms. The summed E-state index contributed by atoms with van der Waals surface area (Å²) in [5.74, 6) is -0.240. The van der Waals surface area contributed by atoms with E-state index >= 15 is 0 Å². The van der Waals surface area contributed by atoms with E-state index in [1.807, 2.05) is 6.92 Å². The minimum atomic E-state index is -0.613. The van der Waals surface area contributed by atoms with Gasteiger partial charge in [0.2, 0.25) is 0 Å². The predicted octanol–water partition coefficient (Wildman–Crippen LogP) is 1.75. The Bertz CT molecular complexity index is 601. The molecule has 3 amide bonds. The number of carbonyl (C=O) groups excluding carboxylic acids is 2. The molecule has 1 aromatic carbocycles. The largest absolute Gasteiger partial charge is 0.390 e. The Balaban J connectivity index is 0.00000312. The van der Waals surface area contributed by atoms with Gasteiger partial charge in [0.1, 0.15) is 0 Å². The van der Waals surface area contributed by atoms with Crippen LogP contribution in [0, 0.1) is 0 Å². The van der Waals surface area contributed by atoms with Gasteiger partial charge in [-0.3, -0.25) is 4.79 Å². The van der Waals surface area contributed by atoms with Crippen LogP contribution in [-0.4, -0.2) is 48.8 Å². The summed E-state index contributed by atoms with van der Waals surface area (Å²) in [5, 5.41) is 21.3. The third-order valence-corrected chi connectivity index (χ3v) is 4.09. The van der Waals surface area contributed by atoms with Gasteiger partial charge in [-0.15, -0.1) is 12.4 Å². The van der Waals surface area contributed by atoms with Gasteiger partial charge in [0, 0.05) is 18.8 Å². The van der Waals surface area contributed by atoms with E-state index in [1.165, 1.54) is 6.07 Å². The maximum Gasteiger partial charge on any atom is 0.319 e. The van der Waals surface area contributed by atoms with Crippen LogP contribution in [0.2, 0.25) is 5.02 Å². The molecule has 0 spiro atoms. The molecule has 0 aliphatic carbocycles. The maximum absolute atomic E-state index is 12.0. The lowest BCUT2D eigenvalue weighted by Crippen LogP contribution is -2.53. The van der Waals surface area contributed by atoms with Crippen molar-refractivity contribution >= 4 is 41.6 Å². The van der Waals surface area contributed by atoms with E-state index in [0.29, 0.717) is 30.8 Å². The van der Waals surface area contributed by atoms with Gasteiger partial charge in [-0.1, -0.05) is 18.5 Å². The van der Waals surface area contributed by atoms with Crippen LogP contribution in [0.25, 0.3) is 0 Å². The number of aliphatic hydroxyl groups is 1. The normalized spacial score (nSPS) is 19.5. The monoisotopic (exact) mass is 390 g/mol. The van der Waals surface area contributed by atoms with Crippen LogP contribution < -0.4 is 21.3 Å². The number of hydrogen-bond acceptors (Lipinski definition) is 4.